The number of benzene rings is 1. The van der Waals surface area contributed by atoms with Gasteiger partial charge in [-0.15, -0.1) is 0 Å². The maximum atomic E-state index is 12.6. The number of nitrogens with one attached hydrogen (secondary N) is 3. The molecule has 1 saturated heterocycles. The Kier molecular flexibility index (Phi) is 5.88. The van der Waals surface area contributed by atoms with Crippen LogP contribution in [0.2, 0.25) is 0 Å². The van der Waals surface area contributed by atoms with Crippen LogP contribution in [0.4, 0.5) is 0 Å². The third kappa shape index (κ3) is 4.93. The van der Waals surface area contributed by atoms with E-state index in [0.29, 0.717) is 30.9 Å². The fraction of sp³-hybridized carbons (Fsp3) is 0.421. The summed E-state index contributed by atoms with van der Waals surface area (Å²) in [6.07, 6.45) is 2.37. The highest BCUT2D eigenvalue weighted by atomic mass is 16.5. The highest BCUT2D eigenvalue weighted by molar-refractivity contribution is 5.94. The zero-order chi connectivity index (χ0) is 19.4. The first-order valence-electron chi connectivity index (χ1n) is 8.92. The lowest BCUT2D eigenvalue weighted by atomic mass is 10.1. The van der Waals surface area contributed by atoms with Crippen molar-refractivity contribution in [2.24, 2.45) is 0 Å². The van der Waals surface area contributed by atoms with Crippen LogP contribution in [-0.4, -0.2) is 52.3 Å². The molecular formula is C19H25N5O3. The van der Waals surface area contributed by atoms with Crippen molar-refractivity contribution < 1.29 is 14.3 Å². The largest absolute Gasteiger partial charge is 0.492 e. The third-order valence-electron chi connectivity index (χ3n) is 4.49. The first kappa shape index (κ1) is 19.1. The van der Waals surface area contributed by atoms with Crippen LogP contribution in [0.3, 0.4) is 0 Å². The van der Waals surface area contributed by atoms with Gasteiger partial charge in [-0.3, -0.25) is 15.0 Å². The van der Waals surface area contributed by atoms with E-state index in [1.54, 1.807) is 36.3 Å². The number of amides is 1. The lowest BCUT2D eigenvalue weighted by molar-refractivity contribution is -0.132. The molecule has 0 spiro atoms. The molecule has 3 rings (SSSR count). The molecule has 2 aromatic rings. The Morgan fingerprint density at radius 2 is 2.15 bits per heavy atom. The molecule has 144 valence electrons. The Labute approximate surface area is 158 Å². The number of hydrogen-bond acceptors (Lipinski definition) is 6. The van der Waals surface area contributed by atoms with E-state index < -0.39 is 0 Å². The topological polar surface area (TPSA) is 99.4 Å². The van der Waals surface area contributed by atoms with Crippen LogP contribution in [0.25, 0.3) is 0 Å². The number of likely N-dealkylation sites (N-methyl/N-ethyl adjacent to an activating group) is 1. The minimum Gasteiger partial charge on any atom is -0.492 e. The van der Waals surface area contributed by atoms with Gasteiger partial charge in [-0.05, 0) is 32.4 Å². The molecule has 8 nitrogen and oxygen atoms in total. The lowest BCUT2D eigenvalue weighted by Crippen LogP contribution is -2.44. The zero-order valence-electron chi connectivity index (χ0n) is 15.8. The van der Waals surface area contributed by atoms with Crippen LogP contribution >= 0.6 is 0 Å². The monoisotopic (exact) mass is 371 g/mol. The summed E-state index contributed by atoms with van der Waals surface area (Å²) in [4.78, 5) is 33.1. The predicted octanol–water partition coefficient (Wildman–Crippen LogP) is 1.19. The fourth-order valence-electron chi connectivity index (χ4n) is 3.01. The van der Waals surface area contributed by atoms with Crippen molar-refractivity contribution in [2.75, 3.05) is 13.7 Å². The zero-order valence-corrected chi connectivity index (χ0v) is 15.8. The number of aryl methyl sites for hydroxylation is 1. The number of H-pyrrole nitrogens is 1. The average Bonchev–Trinajstić information content (AvgIpc) is 3.28. The molecule has 0 aliphatic carbocycles. The summed E-state index contributed by atoms with van der Waals surface area (Å²) in [5.74, 6) is 1.41. The summed E-state index contributed by atoms with van der Waals surface area (Å²) < 4.78 is 5.77. The smallest absolute Gasteiger partial charge is 0.241 e. The van der Waals surface area contributed by atoms with Gasteiger partial charge >= 0.3 is 0 Å². The number of aromatic nitrogens is 2. The second-order valence-corrected chi connectivity index (χ2v) is 6.88. The van der Waals surface area contributed by atoms with E-state index in [1.165, 1.54) is 6.92 Å². The van der Waals surface area contributed by atoms with E-state index in [2.05, 4.69) is 20.8 Å². The lowest BCUT2D eigenvalue weighted by Gasteiger charge is -2.19. The maximum absolute atomic E-state index is 12.6. The Morgan fingerprint density at radius 1 is 1.33 bits per heavy atom. The standard InChI is InChI=1S/C19H25N5O3/c1-12-9-20-18(21-12)10-24(3)19(26)17-8-15(22-23-17)11-27-16-6-4-5-14(7-16)13(2)25/h4-7,9,15,17,22-23H,8,10-11H2,1-3H3,(H,20,21). The van der Waals surface area contributed by atoms with Crippen LogP contribution in [0.1, 0.15) is 35.2 Å². The quantitative estimate of drug-likeness (QED) is 0.633. The molecule has 1 amide bonds. The molecule has 1 aromatic carbocycles. The normalized spacial score (nSPS) is 19.1. The van der Waals surface area contributed by atoms with Crippen molar-refractivity contribution in [2.45, 2.75) is 38.9 Å². The van der Waals surface area contributed by atoms with Gasteiger partial charge in [-0.2, -0.15) is 0 Å². The number of imidazole rings is 1. The van der Waals surface area contributed by atoms with Crippen LogP contribution in [0.15, 0.2) is 30.5 Å². The summed E-state index contributed by atoms with van der Waals surface area (Å²) >= 11 is 0. The van der Waals surface area contributed by atoms with Crippen molar-refractivity contribution in [1.29, 1.82) is 0 Å². The Balaban J connectivity index is 1.48. The molecule has 0 saturated carbocycles. The molecule has 3 N–H and O–H groups in total. The van der Waals surface area contributed by atoms with Gasteiger partial charge in [0.05, 0.1) is 12.6 Å². The van der Waals surface area contributed by atoms with E-state index >= 15 is 0 Å². The first-order valence-corrected chi connectivity index (χ1v) is 8.92. The summed E-state index contributed by atoms with van der Waals surface area (Å²) in [6, 6.07) is 6.78. The molecule has 0 bridgehead atoms. The highest BCUT2D eigenvalue weighted by Crippen LogP contribution is 2.16. The number of carbonyl (C=O) groups excluding carboxylic acids is 2. The van der Waals surface area contributed by atoms with Crippen LogP contribution in [-0.2, 0) is 11.3 Å². The maximum Gasteiger partial charge on any atom is 0.241 e. The number of hydrazine groups is 1. The molecule has 1 aromatic heterocycles. The fourth-order valence-corrected chi connectivity index (χ4v) is 3.01. The van der Waals surface area contributed by atoms with Gasteiger partial charge in [0.2, 0.25) is 5.91 Å². The van der Waals surface area contributed by atoms with Gasteiger partial charge < -0.3 is 14.6 Å². The van der Waals surface area contributed by atoms with Crippen LogP contribution in [0.5, 0.6) is 5.75 Å². The molecule has 2 heterocycles. The van der Waals surface area contributed by atoms with Crippen LogP contribution in [0, 0.1) is 6.92 Å². The second kappa shape index (κ2) is 8.32. The third-order valence-corrected chi connectivity index (χ3v) is 4.49. The number of ketones is 1. The average molecular weight is 371 g/mol. The van der Waals surface area contributed by atoms with E-state index in [1.807, 2.05) is 13.0 Å². The van der Waals surface area contributed by atoms with Gasteiger partial charge in [0.25, 0.3) is 0 Å². The van der Waals surface area contributed by atoms with Crippen molar-refractivity contribution >= 4 is 11.7 Å². The molecule has 2 atom stereocenters. The Bertz CT molecular complexity index is 819. The summed E-state index contributed by atoms with van der Waals surface area (Å²) in [5.41, 5.74) is 7.73. The summed E-state index contributed by atoms with van der Waals surface area (Å²) in [5, 5.41) is 0. The van der Waals surface area contributed by atoms with Crippen molar-refractivity contribution in [3.8, 4) is 5.75 Å². The number of carbonyl (C=O) groups is 2. The highest BCUT2D eigenvalue weighted by Gasteiger charge is 2.31. The summed E-state index contributed by atoms with van der Waals surface area (Å²) in [6.45, 7) is 4.29. The minimum absolute atomic E-state index is 0.000749. The molecule has 1 aliphatic rings. The van der Waals surface area contributed by atoms with Gasteiger partial charge in [0.15, 0.2) is 5.78 Å². The van der Waals surface area contributed by atoms with Crippen molar-refractivity contribution in [3.05, 3.63) is 47.5 Å². The SMILES string of the molecule is CC(=O)c1cccc(OCC2CC(C(=O)N(C)Cc3ncc(C)[nH]3)NN2)c1. The number of ether oxygens (including phenoxy) is 1. The van der Waals surface area contributed by atoms with Gasteiger partial charge in [0.1, 0.15) is 24.2 Å². The molecule has 1 fully saturated rings. The number of Topliss-reactive ketones (excluding diaryl/α,β-unsaturated/α-hetero) is 1. The van der Waals surface area contributed by atoms with Gasteiger partial charge in [0, 0.05) is 24.5 Å². The number of rotatable bonds is 7. The molecule has 27 heavy (non-hydrogen) atoms. The van der Waals surface area contributed by atoms with E-state index in [9.17, 15) is 9.59 Å². The number of aromatic amines is 1. The molecule has 8 heteroatoms. The second-order valence-electron chi connectivity index (χ2n) is 6.88. The molecule has 2 unspecified atom stereocenters. The van der Waals surface area contributed by atoms with E-state index in [0.717, 1.165) is 11.5 Å². The van der Waals surface area contributed by atoms with E-state index in [4.69, 9.17) is 4.74 Å². The van der Waals surface area contributed by atoms with Crippen molar-refractivity contribution in [3.63, 3.8) is 0 Å². The minimum atomic E-state index is -0.316. The number of hydrogen-bond donors (Lipinski definition) is 3. The van der Waals surface area contributed by atoms with Crippen molar-refractivity contribution in [1.82, 2.24) is 25.7 Å². The number of nitrogens with zero attached hydrogens (tertiary/aromatic N) is 2. The molecular weight excluding hydrogens is 346 g/mol. The van der Waals surface area contributed by atoms with Gasteiger partial charge in [-0.1, -0.05) is 12.1 Å². The van der Waals surface area contributed by atoms with E-state index in [-0.39, 0.29) is 23.8 Å². The summed E-state index contributed by atoms with van der Waals surface area (Å²) in [7, 11) is 1.76. The van der Waals surface area contributed by atoms with Gasteiger partial charge in [-0.25, -0.2) is 10.4 Å². The predicted molar refractivity (Wildman–Crippen MR) is 100 cm³/mol. The Morgan fingerprint density at radius 3 is 2.85 bits per heavy atom. The van der Waals surface area contributed by atoms with Crippen LogP contribution < -0.4 is 15.6 Å². The first-order chi connectivity index (χ1) is 12.9. The Hall–Kier alpha value is -2.71. The molecule has 0 radical (unpaired) electrons. The molecule has 1 aliphatic heterocycles.